The number of carbonyl (C=O) groups is 1. The van der Waals surface area contributed by atoms with Crippen LogP contribution in [0.5, 0.6) is 0 Å². The predicted octanol–water partition coefficient (Wildman–Crippen LogP) is 6.33. The van der Waals surface area contributed by atoms with Crippen molar-refractivity contribution in [2.45, 2.75) is 36.3 Å². The number of nitrogens with one attached hydrogen (secondary N) is 2. The molecule has 1 unspecified atom stereocenters. The van der Waals surface area contributed by atoms with Crippen LogP contribution in [0.4, 0.5) is 22.4 Å². The third-order valence-electron chi connectivity index (χ3n) is 6.29. The first-order valence-corrected chi connectivity index (χ1v) is 11.8. The zero-order chi connectivity index (χ0) is 25.2. The topological polar surface area (TPSA) is 53.6 Å². The lowest BCUT2D eigenvalue weighted by Crippen LogP contribution is -2.61. The lowest BCUT2D eigenvalue weighted by Gasteiger charge is -2.44. The van der Waals surface area contributed by atoms with E-state index in [2.05, 4.69) is 10.8 Å². The minimum atomic E-state index is -4.87. The Hall–Kier alpha value is -2.20. The Bertz CT molecular complexity index is 1190. The van der Waals surface area contributed by atoms with Gasteiger partial charge in [0.25, 0.3) is 0 Å². The van der Waals surface area contributed by atoms with Gasteiger partial charge >= 0.3 is 12.2 Å². The van der Waals surface area contributed by atoms with E-state index >= 15 is 4.39 Å². The number of likely N-dealkylation sites (tertiary alicyclic amines) is 1. The number of halogens is 7. The normalized spacial score (nSPS) is 23.4. The van der Waals surface area contributed by atoms with E-state index < -0.39 is 17.4 Å². The van der Waals surface area contributed by atoms with Gasteiger partial charge in [-0.1, -0.05) is 59.1 Å². The number of hydrogen-bond acceptors (Lipinski definition) is 3. The summed E-state index contributed by atoms with van der Waals surface area (Å²) in [5.74, 6) is 0. The number of hydroxylamine groups is 1. The third-order valence-corrected chi connectivity index (χ3v) is 7.49. The monoisotopic (exact) mass is 549 g/mol. The van der Waals surface area contributed by atoms with Crippen LogP contribution in [-0.4, -0.2) is 36.2 Å². The number of nitrogens with zero attached hydrogens (tertiary/aromatic N) is 1. The summed E-state index contributed by atoms with van der Waals surface area (Å²) >= 11 is 17.8. The van der Waals surface area contributed by atoms with E-state index in [1.54, 1.807) is 0 Å². The van der Waals surface area contributed by atoms with Gasteiger partial charge < -0.3 is 10.2 Å². The summed E-state index contributed by atoms with van der Waals surface area (Å²) in [5.41, 5.74) is -1.92. The molecule has 0 aromatic heterocycles. The molecule has 35 heavy (non-hydrogen) atoms. The minimum Gasteiger partial charge on any atom is -0.335 e. The molecule has 0 bridgehead atoms. The molecular weight excluding hydrogens is 533 g/mol. The lowest BCUT2D eigenvalue weighted by molar-refractivity contribution is -0.269. The van der Waals surface area contributed by atoms with E-state index in [0.29, 0.717) is 11.1 Å². The molecule has 186 valence electrons. The summed E-state index contributed by atoms with van der Waals surface area (Å²) in [5, 5.41) is 2.44. The fourth-order valence-electron chi connectivity index (χ4n) is 4.08. The van der Waals surface area contributed by atoms with Crippen LogP contribution in [0.3, 0.4) is 0 Å². The lowest BCUT2D eigenvalue weighted by atomic mass is 9.87. The van der Waals surface area contributed by atoms with Crippen molar-refractivity contribution in [1.29, 1.82) is 0 Å². The molecule has 2 fully saturated rings. The van der Waals surface area contributed by atoms with Gasteiger partial charge in [-0.3, -0.25) is 10.3 Å². The first kappa shape index (κ1) is 24.5. The second kappa shape index (κ2) is 8.44. The van der Waals surface area contributed by atoms with Gasteiger partial charge in [-0.25, -0.2) is 9.18 Å². The van der Waals surface area contributed by atoms with Crippen LogP contribution in [0, 0.1) is 0 Å². The van der Waals surface area contributed by atoms with E-state index in [0.717, 1.165) is 31.1 Å². The molecule has 0 radical (unpaired) electrons. The van der Waals surface area contributed by atoms with Crippen LogP contribution in [0.15, 0.2) is 42.5 Å². The van der Waals surface area contributed by atoms with Crippen molar-refractivity contribution in [3.63, 3.8) is 0 Å². The highest BCUT2D eigenvalue weighted by molar-refractivity contribution is 6.48. The quantitative estimate of drug-likeness (QED) is 0.345. The van der Waals surface area contributed by atoms with Gasteiger partial charge in [0.1, 0.15) is 0 Å². The molecule has 2 amide bonds. The zero-order valence-electron chi connectivity index (χ0n) is 17.9. The van der Waals surface area contributed by atoms with E-state index in [-0.39, 0.29) is 51.5 Å². The molecule has 2 aromatic carbocycles. The fourth-order valence-corrected chi connectivity index (χ4v) is 4.68. The maximum atomic E-state index is 15.3. The van der Waals surface area contributed by atoms with E-state index in [1.165, 1.54) is 29.2 Å². The van der Waals surface area contributed by atoms with Gasteiger partial charge in [0.2, 0.25) is 5.60 Å². The van der Waals surface area contributed by atoms with Crippen molar-refractivity contribution in [2.75, 3.05) is 13.1 Å². The number of alkyl halides is 4. The zero-order valence-corrected chi connectivity index (χ0v) is 20.1. The van der Waals surface area contributed by atoms with Crippen molar-refractivity contribution in [3.05, 3.63) is 74.2 Å². The first-order chi connectivity index (χ1) is 16.4. The van der Waals surface area contributed by atoms with Crippen LogP contribution in [0.2, 0.25) is 15.1 Å². The first-order valence-electron chi connectivity index (χ1n) is 10.7. The smallest absolute Gasteiger partial charge is 0.335 e. The van der Waals surface area contributed by atoms with Crippen LogP contribution in [0.25, 0.3) is 5.70 Å². The van der Waals surface area contributed by atoms with Crippen LogP contribution < -0.4 is 10.8 Å². The molecule has 1 aliphatic carbocycles. The highest BCUT2D eigenvalue weighted by Gasteiger charge is 2.60. The average Bonchev–Trinajstić information content (AvgIpc) is 3.47. The van der Waals surface area contributed by atoms with Crippen molar-refractivity contribution in [2.24, 2.45) is 0 Å². The molecule has 5 nitrogen and oxygen atoms in total. The molecule has 2 aromatic rings. The number of hydrogen-bond donors (Lipinski definition) is 2. The maximum absolute atomic E-state index is 15.3. The summed E-state index contributed by atoms with van der Waals surface area (Å²) < 4.78 is 57.9. The fraction of sp³-hybridized carbons (Fsp3) is 0.348. The van der Waals surface area contributed by atoms with Crippen molar-refractivity contribution >= 4 is 46.5 Å². The second-order valence-corrected chi connectivity index (χ2v) is 10.1. The Labute approximate surface area is 212 Å². The maximum Gasteiger partial charge on any atom is 0.428 e. The van der Waals surface area contributed by atoms with Gasteiger partial charge in [0.05, 0.1) is 33.9 Å². The number of benzene rings is 2. The Morgan fingerprint density at radius 3 is 2.20 bits per heavy atom. The summed E-state index contributed by atoms with van der Waals surface area (Å²) in [6, 6.07) is 7.91. The second-order valence-electron chi connectivity index (χ2n) is 8.87. The molecular formula is C23H18Cl3F4N3O2. The number of rotatable bonds is 4. The van der Waals surface area contributed by atoms with Crippen molar-refractivity contribution in [1.82, 2.24) is 15.7 Å². The van der Waals surface area contributed by atoms with Crippen molar-refractivity contribution < 1.29 is 27.2 Å². The third kappa shape index (κ3) is 4.33. The van der Waals surface area contributed by atoms with Gasteiger partial charge in [-0.2, -0.15) is 13.2 Å². The summed E-state index contributed by atoms with van der Waals surface area (Å²) in [6.45, 7) is -0.186. The summed E-state index contributed by atoms with van der Waals surface area (Å²) in [4.78, 5) is 18.5. The molecule has 2 heterocycles. The SMILES string of the molecule is O=C(NC1CC1)N1CC(F)(c2ccc(C3=CC(c4cc(Cl)c(Cl)c(Cl)c4)(C(F)(F)F)ON3)cc2)C1. The Morgan fingerprint density at radius 1 is 1.06 bits per heavy atom. The Morgan fingerprint density at radius 2 is 1.66 bits per heavy atom. The predicted molar refractivity (Wildman–Crippen MR) is 124 cm³/mol. The Balaban J connectivity index is 1.38. The number of urea groups is 1. The van der Waals surface area contributed by atoms with Crippen molar-refractivity contribution in [3.8, 4) is 0 Å². The Kier molecular flexibility index (Phi) is 5.90. The van der Waals surface area contributed by atoms with Gasteiger partial charge in [-0.05, 0) is 42.2 Å². The van der Waals surface area contributed by atoms with E-state index in [4.69, 9.17) is 39.6 Å². The summed E-state index contributed by atoms with van der Waals surface area (Å²) in [7, 11) is 0. The van der Waals surface area contributed by atoms with Gasteiger partial charge in [-0.15, -0.1) is 0 Å². The highest BCUT2D eigenvalue weighted by atomic mass is 35.5. The van der Waals surface area contributed by atoms with E-state index in [9.17, 15) is 18.0 Å². The molecule has 2 N–H and O–H groups in total. The number of carbonyl (C=O) groups excluding carboxylic acids is 1. The van der Waals surface area contributed by atoms with Crippen LogP contribution in [0.1, 0.15) is 29.5 Å². The standard InChI is InChI=1S/C23H18Cl3F4N3O2/c24-16-7-14(8-17(25)19(16)26)22(23(28,29)30)9-18(32-35-22)12-1-3-13(4-2-12)21(27)10-33(11-21)20(34)31-15-5-6-15/h1-4,7-9,15,32H,5-6,10-11H2,(H,31,34). The molecule has 1 saturated carbocycles. The van der Waals surface area contributed by atoms with E-state index in [1.807, 2.05) is 0 Å². The average molecular weight is 551 g/mol. The van der Waals surface area contributed by atoms with Crippen LogP contribution >= 0.6 is 34.8 Å². The minimum absolute atomic E-state index is 0.0306. The molecule has 1 atom stereocenters. The molecule has 5 rings (SSSR count). The molecule has 0 spiro atoms. The molecule has 1 saturated heterocycles. The molecule has 3 aliphatic rings. The van der Waals surface area contributed by atoms with Gasteiger partial charge in [0.15, 0.2) is 5.67 Å². The van der Waals surface area contributed by atoms with Gasteiger partial charge in [0, 0.05) is 11.6 Å². The number of amides is 2. The highest BCUT2D eigenvalue weighted by Crippen LogP contribution is 2.49. The molecule has 2 aliphatic heterocycles. The summed E-state index contributed by atoms with van der Waals surface area (Å²) in [6.07, 6.45) is -2.13. The van der Waals surface area contributed by atoms with Crippen LogP contribution in [-0.2, 0) is 16.1 Å². The molecule has 12 heteroatoms. The largest absolute Gasteiger partial charge is 0.428 e.